The van der Waals surface area contributed by atoms with Crippen LogP contribution in [0.3, 0.4) is 0 Å². The van der Waals surface area contributed by atoms with Gasteiger partial charge in [-0.25, -0.2) is 9.48 Å². The van der Waals surface area contributed by atoms with Crippen molar-refractivity contribution in [2.24, 2.45) is 0 Å². The van der Waals surface area contributed by atoms with E-state index in [1.54, 1.807) is 0 Å². The third kappa shape index (κ3) is 1.31. The van der Waals surface area contributed by atoms with Crippen molar-refractivity contribution in [1.82, 2.24) is 9.78 Å². The van der Waals surface area contributed by atoms with Gasteiger partial charge in [-0.1, -0.05) is 6.42 Å². The Morgan fingerprint density at radius 1 is 1.44 bits per heavy atom. The number of carboxylic acids is 1. The number of anilines is 1. The van der Waals surface area contributed by atoms with Crippen LogP contribution in [0.4, 0.5) is 5.82 Å². The van der Waals surface area contributed by atoms with Gasteiger partial charge in [0.25, 0.3) is 0 Å². The summed E-state index contributed by atoms with van der Waals surface area (Å²) < 4.78 is 1.82. The molecular weight excluding hydrogens is 206 g/mol. The number of nitrogens with zero attached hydrogens (tertiary/aromatic N) is 2. The minimum Gasteiger partial charge on any atom is -0.476 e. The molecule has 1 saturated carbocycles. The molecule has 0 bridgehead atoms. The molecule has 0 atom stereocenters. The summed E-state index contributed by atoms with van der Waals surface area (Å²) in [5.74, 6) is 0.458. The molecule has 1 aliphatic carbocycles. The fraction of sp³-hybridized carbons (Fsp3) is 0.636. The molecule has 0 amide bonds. The Morgan fingerprint density at radius 3 is 2.88 bits per heavy atom. The lowest BCUT2D eigenvalue weighted by molar-refractivity contribution is 0.0687. The van der Waals surface area contributed by atoms with Crippen LogP contribution in [0.15, 0.2) is 0 Å². The zero-order chi connectivity index (χ0) is 11.1. The molecule has 0 aromatic carbocycles. The van der Waals surface area contributed by atoms with Crippen molar-refractivity contribution in [3.05, 3.63) is 11.3 Å². The van der Waals surface area contributed by atoms with E-state index >= 15 is 0 Å². The quantitative estimate of drug-likeness (QED) is 0.797. The molecule has 2 heterocycles. The number of rotatable bonds is 2. The Kier molecular flexibility index (Phi) is 2.12. The molecule has 1 aliphatic heterocycles. The molecule has 2 aliphatic rings. The smallest absolute Gasteiger partial charge is 0.356 e. The van der Waals surface area contributed by atoms with E-state index in [9.17, 15) is 9.90 Å². The Balaban J connectivity index is 2.09. The van der Waals surface area contributed by atoms with Crippen LogP contribution in [0.25, 0.3) is 0 Å². The molecule has 1 aromatic rings. The van der Waals surface area contributed by atoms with Crippen molar-refractivity contribution in [3.63, 3.8) is 0 Å². The number of aryl methyl sites for hydroxylation is 1. The van der Waals surface area contributed by atoms with Gasteiger partial charge in [-0.2, -0.15) is 5.10 Å². The second kappa shape index (κ2) is 3.50. The minimum atomic E-state index is -0.898. The molecule has 86 valence electrons. The van der Waals surface area contributed by atoms with Crippen molar-refractivity contribution in [1.29, 1.82) is 0 Å². The Labute approximate surface area is 93.5 Å². The van der Waals surface area contributed by atoms with Gasteiger partial charge in [0.1, 0.15) is 5.82 Å². The van der Waals surface area contributed by atoms with Crippen LogP contribution in [0, 0.1) is 0 Å². The SMILES string of the molecule is O=C(O)c1nn2c(c1C1CCC1)NCCC2. The second-order valence-electron chi connectivity index (χ2n) is 4.55. The van der Waals surface area contributed by atoms with E-state index in [4.69, 9.17) is 0 Å². The molecule has 0 spiro atoms. The topological polar surface area (TPSA) is 67.1 Å². The lowest BCUT2D eigenvalue weighted by Gasteiger charge is -2.27. The maximum absolute atomic E-state index is 11.2. The highest BCUT2D eigenvalue weighted by molar-refractivity contribution is 5.89. The van der Waals surface area contributed by atoms with Gasteiger partial charge in [-0.05, 0) is 25.2 Å². The summed E-state index contributed by atoms with van der Waals surface area (Å²) in [6.45, 7) is 1.75. The normalized spacial score (nSPS) is 19.8. The molecular formula is C11H15N3O2. The third-order valence-electron chi connectivity index (χ3n) is 3.54. The molecule has 1 fully saturated rings. The predicted molar refractivity (Wildman–Crippen MR) is 58.9 cm³/mol. The van der Waals surface area contributed by atoms with Crippen molar-refractivity contribution in [2.45, 2.75) is 38.1 Å². The summed E-state index contributed by atoms with van der Waals surface area (Å²) in [6, 6.07) is 0. The van der Waals surface area contributed by atoms with E-state index in [1.165, 1.54) is 6.42 Å². The summed E-state index contributed by atoms with van der Waals surface area (Å²) in [6.07, 6.45) is 4.41. The van der Waals surface area contributed by atoms with Crippen LogP contribution in [0.5, 0.6) is 0 Å². The number of aromatic nitrogens is 2. The molecule has 0 saturated heterocycles. The molecule has 5 nitrogen and oxygen atoms in total. The van der Waals surface area contributed by atoms with E-state index in [0.29, 0.717) is 5.92 Å². The standard InChI is InChI=1S/C11H15N3O2/c15-11(16)9-8(7-3-1-4-7)10-12-5-2-6-14(10)13-9/h7,12H,1-6H2,(H,15,16). The summed E-state index contributed by atoms with van der Waals surface area (Å²) >= 11 is 0. The maximum atomic E-state index is 11.2. The lowest BCUT2D eigenvalue weighted by Crippen LogP contribution is -2.20. The first-order valence-corrected chi connectivity index (χ1v) is 5.85. The molecule has 0 radical (unpaired) electrons. The van der Waals surface area contributed by atoms with E-state index in [0.717, 1.165) is 43.7 Å². The van der Waals surface area contributed by atoms with Gasteiger partial charge >= 0.3 is 5.97 Å². The number of aromatic carboxylic acids is 1. The Bertz CT molecular complexity index is 435. The highest BCUT2D eigenvalue weighted by Crippen LogP contribution is 2.42. The summed E-state index contributed by atoms with van der Waals surface area (Å²) in [4.78, 5) is 11.2. The van der Waals surface area contributed by atoms with Gasteiger partial charge in [0, 0.05) is 18.7 Å². The van der Waals surface area contributed by atoms with Crippen molar-refractivity contribution in [3.8, 4) is 0 Å². The van der Waals surface area contributed by atoms with Gasteiger partial charge in [-0.3, -0.25) is 0 Å². The zero-order valence-corrected chi connectivity index (χ0v) is 9.07. The summed E-state index contributed by atoms with van der Waals surface area (Å²) in [7, 11) is 0. The number of hydrogen-bond acceptors (Lipinski definition) is 3. The van der Waals surface area contributed by atoms with Crippen LogP contribution in [-0.4, -0.2) is 27.4 Å². The van der Waals surface area contributed by atoms with Crippen molar-refractivity contribution < 1.29 is 9.90 Å². The highest BCUT2D eigenvalue weighted by Gasteiger charge is 2.32. The van der Waals surface area contributed by atoms with Crippen molar-refractivity contribution in [2.75, 3.05) is 11.9 Å². The number of carbonyl (C=O) groups is 1. The molecule has 1 aromatic heterocycles. The number of nitrogens with one attached hydrogen (secondary N) is 1. The van der Waals surface area contributed by atoms with Crippen LogP contribution in [0.1, 0.15) is 47.7 Å². The molecule has 5 heteroatoms. The van der Waals surface area contributed by atoms with Gasteiger partial charge in [0.05, 0.1) is 0 Å². The average Bonchev–Trinajstić information content (AvgIpc) is 2.56. The molecule has 3 rings (SSSR count). The first kappa shape index (κ1) is 9.69. The van der Waals surface area contributed by atoms with Crippen LogP contribution >= 0.6 is 0 Å². The minimum absolute atomic E-state index is 0.258. The monoisotopic (exact) mass is 221 g/mol. The third-order valence-corrected chi connectivity index (χ3v) is 3.54. The van der Waals surface area contributed by atoms with E-state index in [2.05, 4.69) is 10.4 Å². The Hall–Kier alpha value is -1.52. The van der Waals surface area contributed by atoms with E-state index in [1.807, 2.05) is 4.68 Å². The molecule has 2 N–H and O–H groups in total. The average molecular weight is 221 g/mol. The van der Waals surface area contributed by atoms with Crippen LogP contribution < -0.4 is 5.32 Å². The number of fused-ring (bicyclic) bond motifs is 1. The predicted octanol–water partition coefficient (Wildman–Crippen LogP) is 1.66. The lowest BCUT2D eigenvalue weighted by atomic mass is 9.79. The highest BCUT2D eigenvalue weighted by atomic mass is 16.4. The van der Waals surface area contributed by atoms with Crippen LogP contribution in [0.2, 0.25) is 0 Å². The van der Waals surface area contributed by atoms with Gasteiger partial charge in [0.15, 0.2) is 5.69 Å². The zero-order valence-electron chi connectivity index (χ0n) is 9.07. The maximum Gasteiger partial charge on any atom is 0.356 e. The number of hydrogen-bond donors (Lipinski definition) is 2. The molecule has 0 unspecified atom stereocenters. The van der Waals surface area contributed by atoms with Gasteiger partial charge in [-0.15, -0.1) is 0 Å². The van der Waals surface area contributed by atoms with Gasteiger partial charge < -0.3 is 10.4 Å². The van der Waals surface area contributed by atoms with E-state index in [-0.39, 0.29) is 5.69 Å². The Morgan fingerprint density at radius 2 is 2.25 bits per heavy atom. The van der Waals surface area contributed by atoms with Gasteiger partial charge in [0.2, 0.25) is 0 Å². The number of carboxylic acid groups (broad SMARTS) is 1. The second-order valence-corrected chi connectivity index (χ2v) is 4.55. The fourth-order valence-corrected chi connectivity index (χ4v) is 2.50. The summed E-state index contributed by atoms with van der Waals surface area (Å²) in [5, 5.41) is 16.7. The first-order valence-electron chi connectivity index (χ1n) is 5.85. The van der Waals surface area contributed by atoms with E-state index < -0.39 is 5.97 Å². The fourth-order valence-electron chi connectivity index (χ4n) is 2.50. The largest absolute Gasteiger partial charge is 0.476 e. The molecule has 16 heavy (non-hydrogen) atoms. The van der Waals surface area contributed by atoms with Crippen LogP contribution in [-0.2, 0) is 6.54 Å². The summed E-state index contributed by atoms with van der Waals surface area (Å²) in [5.41, 5.74) is 1.20. The van der Waals surface area contributed by atoms with Crippen molar-refractivity contribution >= 4 is 11.8 Å². The first-order chi connectivity index (χ1) is 7.77.